The highest BCUT2D eigenvalue weighted by atomic mass is 19.1. The number of rotatable bonds is 4. The molecule has 1 N–H and O–H groups in total. The second-order valence-electron chi connectivity index (χ2n) is 5.87. The van der Waals surface area contributed by atoms with Gasteiger partial charge in [-0.25, -0.2) is 8.78 Å². The van der Waals surface area contributed by atoms with E-state index in [-0.39, 0.29) is 18.0 Å². The minimum absolute atomic E-state index is 0.154. The Morgan fingerprint density at radius 3 is 1.97 bits per heavy atom. The molecule has 1 heterocycles. The fraction of sp³-hybridized carbons (Fsp3) is 0.0909. The summed E-state index contributed by atoms with van der Waals surface area (Å²) in [5, 5.41) is 25.6. The first-order valence-corrected chi connectivity index (χ1v) is 8.39. The second-order valence-corrected chi connectivity index (χ2v) is 5.87. The molecule has 7 heteroatoms. The highest BCUT2D eigenvalue weighted by Crippen LogP contribution is 2.18. The van der Waals surface area contributed by atoms with Crippen LogP contribution in [-0.2, 0) is 0 Å². The van der Waals surface area contributed by atoms with Crippen LogP contribution in [0.15, 0.2) is 60.8 Å². The van der Waals surface area contributed by atoms with Gasteiger partial charge in [-0.15, -0.1) is 0 Å². The van der Waals surface area contributed by atoms with E-state index in [1.54, 1.807) is 36.5 Å². The first-order chi connectivity index (χ1) is 14.0. The van der Waals surface area contributed by atoms with E-state index in [1.165, 1.54) is 36.4 Å². The van der Waals surface area contributed by atoms with E-state index in [0.717, 1.165) is 11.3 Å². The molecule has 0 spiro atoms. The van der Waals surface area contributed by atoms with Gasteiger partial charge in [-0.05, 0) is 60.2 Å². The molecule has 0 fully saturated rings. The number of nitriles is 3. The van der Waals surface area contributed by atoms with Gasteiger partial charge >= 0.3 is 0 Å². The Labute approximate surface area is 166 Å². The van der Waals surface area contributed by atoms with Gasteiger partial charge < -0.3 is 4.98 Å². The lowest BCUT2D eigenvalue weighted by Gasteiger charge is -2.00. The summed E-state index contributed by atoms with van der Waals surface area (Å²) in [5.74, 6) is -1.96. The molecule has 2 aromatic carbocycles. The number of aromatic nitrogens is 1. The number of carbonyl (C=O) groups excluding carboxylic acids is 1. The standard InChI is InChI=1S/C11H7FN2O.C11H7FN2/c12-10-3-1-9(2-4-10)11(15)5-8(6-13)7-14;12-10-3-1-9(2-4-10)11-5-8(6-13)7-14-11/h1-4,8H,5H2;1-5,7,14H. The lowest BCUT2D eigenvalue weighted by Crippen LogP contribution is -2.05. The van der Waals surface area contributed by atoms with Crippen LogP contribution in [0.4, 0.5) is 8.78 Å². The van der Waals surface area contributed by atoms with Crippen molar-refractivity contribution in [3.05, 3.63) is 83.6 Å². The molecule has 1 aromatic heterocycles. The maximum atomic E-state index is 12.6. The van der Waals surface area contributed by atoms with Gasteiger partial charge in [0.25, 0.3) is 0 Å². The minimum Gasteiger partial charge on any atom is -0.360 e. The van der Waals surface area contributed by atoms with Gasteiger partial charge in [-0.2, -0.15) is 15.8 Å². The molecule has 0 aliphatic carbocycles. The zero-order valence-electron chi connectivity index (χ0n) is 15.1. The molecule has 0 saturated heterocycles. The summed E-state index contributed by atoms with van der Waals surface area (Å²) >= 11 is 0. The zero-order chi connectivity index (χ0) is 21.2. The van der Waals surface area contributed by atoms with Crippen LogP contribution in [0.3, 0.4) is 0 Å². The van der Waals surface area contributed by atoms with Gasteiger partial charge in [0.15, 0.2) is 5.78 Å². The van der Waals surface area contributed by atoms with Crippen molar-refractivity contribution in [3.8, 4) is 29.5 Å². The molecule has 0 aliphatic heterocycles. The number of carbonyl (C=O) groups is 1. The van der Waals surface area contributed by atoms with Gasteiger partial charge in [0.2, 0.25) is 0 Å². The van der Waals surface area contributed by atoms with Crippen molar-refractivity contribution >= 4 is 5.78 Å². The van der Waals surface area contributed by atoms with Gasteiger partial charge in [0, 0.05) is 23.9 Å². The quantitative estimate of drug-likeness (QED) is 0.651. The molecule has 0 unspecified atom stereocenters. The molecule has 0 bridgehead atoms. The molecule has 0 saturated carbocycles. The largest absolute Gasteiger partial charge is 0.360 e. The summed E-state index contributed by atoms with van der Waals surface area (Å²) in [7, 11) is 0. The van der Waals surface area contributed by atoms with Crippen LogP contribution in [0.25, 0.3) is 11.3 Å². The first kappa shape index (κ1) is 21.0. The summed E-state index contributed by atoms with van der Waals surface area (Å²) in [4.78, 5) is 14.4. The number of aromatic amines is 1. The van der Waals surface area contributed by atoms with Crippen LogP contribution in [-0.4, -0.2) is 10.8 Å². The molecule has 3 rings (SSSR count). The van der Waals surface area contributed by atoms with E-state index in [2.05, 4.69) is 4.98 Å². The maximum Gasteiger partial charge on any atom is 0.165 e. The van der Waals surface area contributed by atoms with E-state index >= 15 is 0 Å². The van der Waals surface area contributed by atoms with Gasteiger partial charge in [-0.3, -0.25) is 4.79 Å². The van der Waals surface area contributed by atoms with Gasteiger partial charge in [0.1, 0.15) is 23.6 Å². The predicted molar refractivity (Wildman–Crippen MR) is 101 cm³/mol. The number of hydrogen-bond donors (Lipinski definition) is 1. The average Bonchev–Trinajstić information content (AvgIpc) is 3.22. The fourth-order valence-electron chi connectivity index (χ4n) is 2.31. The second kappa shape index (κ2) is 10.2. The summed E-state index contributed by atoms with van der Waals surface area (Å²) in [5.41, 5.74) is 2.57. The van der Waals surface area contributed by atoms with Crippen molar-refractivity contribution in [2.75, 3.05) is 0 Å². The maximum absolute atomic E-state index is 12.6. The number of ketones is 1. The summed E-state index contributed by atoms with van der Waals surface area (Å²) in [6.07, 6.45) is 1.47. The van der Waals surface area contributed by atoms with E-state index in [4.69, 9.17) is 15.8 Å². The topological polar surface area (TPSA) is 104 Å². The van der Waals surface area contributed by atoms with Gasteiger partial charge in [-0.1, -0.05) is 0 Å². The van der Waals surface area contributed by atoms with Crippen LogP contribution < -0.4 is 0 Å². The lowest BCUT2D eigenvalue weighted by atomic mass is 10.0. The SMILES string of the molecule is N#CC(C#N)CC(=O)c1ccc(F)cc1.N#Cc1c[nH]c(-c2ccc(F)cc2)c1. The van der Waals surface area contributed by atoms with Crippen molar-refractivity contribution < 1.29 is 13.6 Å². The van der Waals surface area contributed by atoms with Crippen LogP contribution in [0.2, 0.25) is 0 Å². The Hall–Kier alpha value is -4.28. The first-order valence-electron chi connectivity index (χ1n) is 8.39. The predicted octanol–water partition coefficient (Wildman–Crippen LogP) is 4.75. The monoisotopic (exact) mass is 388 g/mol. The molecule has 29 heavy (non-hydrogen) atoms. The third kappa shape index (κ3) is 6.13. The molecule has 0 aliphatic rings. The minimum atomic E-state index is -0.942. The van der Waals surface area contributed by atoms with E-state index in [0.29, 0.717) is 11.1 Å². The summed E-state index contributed by atoms with van der Waals surface area (Å²) in [6, 6.07) is 18.3. The Kier molecular flexibility index (Phi) is 7.36. The van der Waals surface area contributed by atoms with Crippen molar-refractivity contribution in [1.82, 2.24) is 4.98 Å². The highest BCUT2D eigenvalue weighted by Gasteiger charge is 2.13. The van der Waals surface area contributed by atoms with Crippen LogP contribution >= 0.6 is 0 Å². The number of halogens is 2. The third-order valence-electron chi connectivity index (χ3n) is 3.83. The Balaban J connectivity index is 0.000000207. The zero-order valence-corrected chi connectivity index (χ0v) is 15.1. The summed E-state index contributed by atoms with van der Waals surface area (Å²) < 4.78 is 25.1. The lowest BCUT2D eigenvalue weighted by molar-refractivity contribution is 0.0976. The summed E-state index contributed by atoms with van der Waals surface area (Å²) in [6.45, 7) is 0. The highest BCUT2D eigenvalue weighted by molar-refractivity contribution is 5.96. The fourth-order valence-corrected chi connectivity index (χ4v) is 2.31. The normalized spacial score (nSPS) is 9.52. The van der Waals surface area contributed by atoms with Crippen molar-refractivity contribution in [2.45, 2.75) is 6.42 Å². The molecule has 0 radical (unpaired) electrons. The number of Topliss-reactive ketones (excluding diaryl/α,β-unsaturated/α-hetero) is 1. The number of nitrogens with zero attached hydrogens (tertiary/aromatic N) is 3. The molecule has 142 valence electrons. The number of benzene rings is 2. The Morgan fingerprint density at radius 2 is 1.48 bits per heavy atom. The number of H-pyrrole nitrogens is 1. The van der Waals surface area contributed by atoms with Crippen LogP contribution in [0.5, 0.6) is 0 Å². The van der Waals surface area contributed by atoms with Crippen LogP contribution in [0, 0.1) is 51.5 Å². The van der Waals surface area contributed by atoms with Crippen molar-refractivity contribution in [3.63, 3.8) is 0 Å². The smallest absolute Gasteiger partial charge is 0.165 e. The molecule has 0 atom stereocenters. The van der Waals surface area contributed by atoms with E-state index in [9.17, 15) is 13.6 Å². The molecular formula is C22H14F2N4O. The third-order valence-corrected chi connectivity index (χ3v) is 3.83. The molecule has 0 amide bonds. The Bertz CT molecular complexity index is 1080. The van der Waals surface area contributed by atoms with Gasteiger partial charge in [0.05, 0.1) is 17.7 Å². The Morgan fingerprint density at radius 1 is 0.931 bits per heavy atom. The average molecular weight is 388 g/mol. The van der Waals surface area contributed by atoms with Crippen molar-refractivity contribution in [2.24, 2.45) is 5.92 Å². The number of nitrogens with one attached hydrogen (secondary N) is 1. The van der Waals surface area contributed by atoms with E-state index < -0.39 is 11.7 Å². The van der Waals surface area contributed by atoms with Crippen LogP contribution in [0.1, 0.15) is 22.3 Å². The van der Waals surface area contributed by atoms with E-state index in [1.807, 2.05) is 6.07 Å². The molecular weight excluding hydrogens is 374 g/mol. The van der Waals surface area contributed by atoms with Crippen molar-refractivity contribution in [1.29, 1.82) is 15.8 Å². The molecule has 3 aromatic rings. The number of hydrogen-bond acceptors (Lipinski definition) is 4. The molecule has 5 nitrogen and oxygen atoms in total.